The second-order valence-electron chi connectivity index (χ2n) is 6.14. The van der Waals surface area contributed by atoms with Crippen LogP contribution in [0.1, 0.15) is 62.0 Å². The van der Waals surface area contributed by atoms with Gasteiger partial charge in [-0.2, -0.15) is 0 Å². The summed E-state index contributed by atoms with van der Waals surface area (Å²) in [4.78, 5) is 15.6. The van der Waals surface area contributed by atoms with Gasteiger partial charge < -0.3 is 10.4 Å². The quantitative estimate of drug-likeness (QED) is 0.852. The molecule has 2 rings (SSSR count). The number of aromatic carboxylic acids is 1. The number of anilines is 1. The number of carboxylic acids is 1. The number of hydrogen-bond donors (Lipinski definition) is 2. The molecule has 0 aromatic carbocycles. The Bertz CT molecular complexity index is 479. The topological polar surface area (TPSA) is 62.2 Å². The summed E-state index contributed by atoms with van der Waals surface area (Å²) in [6.07, 6.45) is 3.75. The van der Waals surface area contributed by atoms with Gasteiger partial charge in [-0.1, -0.05) is 27.2 Å². The van der Waals surface area contributed by atoms with Gasteiger partial charge in [-0.15, -0.1) is 0 Å². The first-order valence-corrected chi connectivity index (χ1v) is 6.89. The van der Waals surface area contributed by atoms with E-state index in [4.69, 9.17) is 5.11 Å². The van der Waals surface area contributed by atoms with E-state index in [1.165, 1.54) is 19.3 Å². The van der Waals surface area contributed by atoms with Crippen molar-refractivity contribution in [2.75, 3.05) is 11.9 Å². The molecular weight excluding hydrogens is 240 g/mol. The van der Waals surface area contributed by atoms with Gasteiger partial charge in [0.1, 0.15) is 5.82 Å². The summed E-state index contributed by atoms with van der Waals surface area (Å²) in [5, 5.41) is 12.4. The molecule has 0 saturated heterocycles. The number of carboxylic acid groups (broad SMARTS) is 1. The molecule has 0 atom stereocenters. The maximum Gasteiger partial charge on any atom is 0.335 e. The lowest BCUT2D eigenvalue weighted by Crippen LogP contribution is -2.33. The Morgan fingerprint density at radius 1 is 1.47 bits per heavy atom. The van der Waals surface area contributed by atoms with Crippen molar-refractivity contribution in [3.63, 3.8) is 0 Å². The second-order valence-corrected chi connectivity index (χ2v) is 6.14. The molecule has 1 aromatic rings. The molecule has 4 heteroatoms. The van der Waals surface area contributed by atoms with Crippen LogP contribution in [0, 0.1) is 5.41 Å². The van der Waals surface area contributed by atoms with Crippen LogP contribution < -0.4 is 5.32 Å². The van der Waals surface area contributed by atoms with E-state index in [-0.39, 0.29) is 5.92 Å². The van der Waals surface area contributed by atoms with E-state index in [2.05, 4.69) is 17.2 Å². The van der Waals surface area contributed by atoms with E-state index in [0.717, 1.165) is 12.2 Å². The molecule has 19 heavy (non-hydrogen) atoms. The summed E-state index contributed by atoms with van der Waals surface area (Å²) in [6.45, 7) is 7.16. The Kier molecular flexibility index (Phi) is 3.78. The molecule has 1 heterocycles. The van der Waals surface area contributed by atoms with Crippen LogP contribution in [0.15, 0.2) is 12.1 Å². The standard InChI is InChI=1S/C15H22N2O2/c1-10(2)12-7-11(14(18)19)8-13(17-12)16-9-15(3)5-4-6-15/h7-8,10H,4-6,9H2,1-3H3,(H,16,17)(H,18,19). The zero-order valence-electron chi connectivity index (χ0n) is 11.9. The fourth-order valence-electron chi connectivity index (χ4n) is 2.32. The molecule has 0 spiro atoms. The normalized spacial score (nSPS) is 17.1. The van der Waals surface area contributed by atoms with E-state index in [1.54, 1.807) is 12.1 Å². The second kappa shape index (κ2) is 5.19. The molecule has 0 unspecified atom stereocenters. The first-order valence-electron chi connectivity index (χ1n) is 6.89. The van der Waals surface area contributed by atoms with Crippen LogP contribution >= 0.6 is 0 Å². The van der Waals surface area contributed by atoms with Gasteiger partial charge in [0.15, 0.2) is 0 Å². The van der Waals surface area contributed by atoms with E-state index >= 15 is 0 Å². The van der Waals surface area contributed by atoms with E-state index < -0.39 is 5.97 Å². The van der Waals surface area contributed by atoms with E-state index in [0.29, 0.717) is 16.8 Å². The lowest BCUT2D eigenvalue weighted by Gasteiger charge is -2.38. The van der Waals surface area contributed by atoms with Gasteiger partial charge in [0.25, 0.3) is 0 Å². The van der Waals surface area contributed by atoms with Crippen molar-refractivity contribution in [3.8, 4) is 0 Å². The van der Waals surface area contributed by atoms with Gasteiger partial charge in [0, 0.05) is 12.2 Å². The molecule has 104 valence electrons. The molecule has 0 radical (unpaired) electrons. The summed E-state index contributed by atoms with van der Waals surface area (Å²) >= 11 is 0. The zero-order chi connectivity index (χ0) is 14.0. The highest BCUT2D eigenvalue weighted by Gasteiger charge is 2.31. The predicted octanol–water partition coefficient (Wildman–Crippen LogP) is 3.51. The molecule has 1 aromatic heterocycles. The first-order chi connectivity index (χ1) is 8.89. The van der Waals surface area contributed by atoms with Crippen LogP contribution in [0.4, 0.5) is 5.82 Å². The lowest BCUT2D eigenvalue weighted by molar-refractivity contribution is 0.0696. The van der Waals surface area contributed by atoms with Gasteiger partial charge in [-0.05, 0) is 36.3 Å². The Morgan fingerprint density at radius 2 is 2.16 bits per heavy atom. The van der Waals surface area contributed by atoms with Crippen LogP contribution in [-0.4, -0.2) is 22.6 Å². The number of pyridine rings is 1. The molecule has 4 nitrogen and oxygen atoms in total. The Balaban J connectivity index is 2.16. The third kappa shape index (κ3) is 3.25. The van der Waals surface area contributed by atoms with E-state index in [1.807, 2.05) is 13.8 Å². The maximum atomic E-state index is 11.1. The summed E-state index contributed by atoms with van der Waals surface area (Å²) in [5.41, 5.74) is 1.47. The highest BCUT2D eigenvalue weighted by atomic mass is 16.4. The molecule has 0 amide bonds. The summed E-state index contributed by atoms with van der Waals surface area (Å²) in [7, 11) is 0. The number of hydrogen-bond acceptors (Lipinski definition) is 3. The molecule has 1 saturated carbocycles. The molecule has 1 fully saturated rings. The van der Waals surface area contributed by atoms with Crippen molar-refractivity contribution < 1.29 is 9.90 Å². The highest BCUT2D eigenvalue weighted by Crippen LogP contribution is 2.40. The number of aromatic nitrogens is 1. The molecule has 0 bridgehead atoms. The zero-order valence-corrected chi connectivity index (χ0v) is 11.9. The minimum Gasteiger partial charge on any atom is -0.478 e. The Morgan fingerprint density at radius 3 is 2.63 bits per heavy atom. The minimum atomic E-state index is -0.901. The minimum absolute atomic E-state index is 0.221. The SMILES string of the molecule is CC(C)c1cc(C(=O)O)cc(NCC2(C)CCC2)n1. The van der Waals surface area contributed by atoms with E-state index in [9.17, 15) is 4.79 Å². The third-order valence-electron chi connectivity index (χ3n) is 3.94. The van der Waals surface area contributed by atoms with Gasteiger partial charge in [-0.3, -0.25) is 0 Å². The number of nitrogens with one attached hydrogen (secondary N) is 1. The van der Waals surface area contributed by atoms with Gasteiger partial charge in [0.2, 0.25) is 0 Å². The Labute approximate surface area is 114 Å². The monoisotopic (exact) mass is 262 g/mol. The van der Waals surface area contributed by atoms with Crippen molar-refractivity contribution >= 4 is 11.8 Å². The summed E-state index contributed by atoms with van der Waals surface area (Å²) < 4.78 is 0. The number of nitrogens with zero attached hydrogens (tertiary/aromatic N) is 1. The molecule has 0 aliphatic heterocycles. The van der Waals surface area contributed by atoms with Crippen molar-refractivity contribution in [1.82, 2.24) is 4.98 Å². The van der Waals surface area contributed by atoms with Crippen LogP contribution in [0.2, 0.25) is 0 Å². The van der Waals surface area contributed by atoms with Crippen LogP contribution in [0.5, 0.6) is 0 Å². The summed E-state index contributed by atoms with van der Waals surface area (Å²) in [6, 6.07) is 3.28. The average Bonchev–Trinajstić information content (AvgIpc) is 2.33. The molecule has 1 aliphatic rings. The highest BCUT2D eigenvalue weighted by molar-refractivity contribution is 5.88. The first kappa shape index (κ1) is 13.8. The van der Waals surface area contributed by atoms with Crippen LogP contribution in [0.3, 0.4) is 0 Å². The van der Waals surface area contributed by atoms with Crippen molar-refractivity contribution in [1.29, 1.82) is 0 Å². The molecule has 2 N–H and O–H groups in total. The van der Waals surface area contributed by atoms with Crippen molar-refractivity contribution in [3.05, 3.63) is 23.4 Å². The van der Waals surface area contributed by atoms with Crippen molar-refractivity contribution in [2.24, 2.45) is 5.41 Å². The average molecular weight is 262 g/mol. The number of rotatable bonds is 5. The van der Waals surface area contributed by atoms with Gasteiger partial charge in [0.05, 0.1) is 5.56 Å². The molecule has 1 aliphatic carbocycles. The predicted molar refractivity (Wildman–Crippen MR) is 75.7 cm³/mol. The van der Waals surface area contributed by atoms with Crippen molar-refractivity contribution in [2.45, 2.75) is 46.0 Å². The van der Waals surface area contributed by atoms with Crippen LogP contribution in [-0.2, 0) is 0 Å². The summed E-state index contributed by atoms with van der Waals surface area (Å²) in [5.74, 6) is -0.00179. The lowest BCUT2D eigenvalue weighted by atomic mass is 9.70. The fourth-order valence-corrected chi connectivity index (χ4v) is 2.32. The van der Waals surface area contributed by atoms with Gasteiger partial charge in [-0.25, -0.2) is 9.78 Å². The third-order valence-corrected chi connectivity index (χ3v) is 3.94. The van der Waals surface area contributed by atoms with Gasteiger partial charge >= 0.3 is 5.97 Å². The number of carbonyl (C=O) groups is 1. The van der Waals surface area contributed by atoms with Crippen LogP contribution in [0.25, 0.3) is 0 Å². The molecular formula is C15H22N2O2. The maximum absolute atomic E-state index is 11.1. The Hall–Kier alpha value is -1.58. The largest absolute Gasteiger partial charge is 0.478 e. The fraction of sp³-hybridized carbons (Fsp3) is 0.600. The smallest absolute Gasteiger partial charge is 0.335 e.